The lowest BCUT2D eigenvalue weighted by Crippen LogP contribution is -2.18. The molecular formula is C17H20O4. The first-order chi connectivity index (χ1) is 10.2. The maximum Gasteiger partial charge on any atom is 0.337 e. The Morgan fingerprint density at radius 3 is 2.48 bits per heavy atom. The number of methoxy groups -OCH3 is 1. The molecule has 0 radical (unpaired) electrons. The standard InChI is InChI=1S/C17H20O4/c1-20-17(19)12-4-6-15(7-5-12)21-16(18)10-14-9-11-2-3-13(14)8-11/h4-7,11,13-14H,2-3,8-10H2,1H3. The lowest BCUT2D eigenvalue weighted by molar-refractivity contribution is -0.135. The normalized spacial score (nSPS) is 26.6. The van der Waals surface area contributed by atoms with Crippen LogP contribution in [0.15, 0.2) is 24.3 Å². The van der Waals surface area contributed by atoms with Gasteiger partial charge in [-0.2, -0.15) is 0 Å². The van der Waals surface area contributed by atoms with Gasteiger partial charge in [0.15, 0.2) is 0 Å². The summed E-state index contributed by atoms with van der Waals surface area (Å²) in [7, 11) is 1.34. The van der Waals surface area contributed by atoms with E-state index in [-0.39, 0.29) is 5.97 Å². The third-order valence-corrected chi connectivity index (χ3v) is 4.82. The first kappa shape index (κ1) is 14.1. The summed E-state index contributed by atoms with van der Waals surface area (Å²) in [5.41, 5.74) is 0.449. The SMILES string of the molecule is COC(=O)c1ccc(OC(=O)CC2CC3CCC2C3)cc1. The lowest BCUT2D eigenvalue weighted by Gasteiger charge is -2.20. The predicted octanol–water partition coefficient (Wildman–Crippen LogP) is 3.20. The van der Waals surface area contributed by atoms with E-state index >= 15 is 0 Å². The Kier molecular flexibility index (Phi) is 3.95. The zero-order chi connectivity index (χ0) is 14.8. The van der Waals surface area contributed by atoms with Crippen LogP contribution in [0.1, 0.15) is 42.5 Å². The summed E-state index contributed by atoms with van der Waals surface area (Å²) in [6.07, 6.45) is 5.61. The highest BCUT2D eigenvalue weighted by molar-refractivity contribution is 5.89. The first-order valence-electron chi connectivity index (χ1n) is 7.54. The van der Waals surface area contributed by atoms with Crippen LogP contribution in [0.2, 0.25) is 0 Å². The van der Waals surface area contributed by atoms with Gasteiger partial charge < -0.3 is 9.47 Å². The Balaban J connectivity index is 1.54. The van der Waals surface area contributed by atoms with Crippen LogP contribution in [-0.4, -0.2) is 19.0 Å². The molecule has 2 fully saturated rings. The van der Waals surface area contributed by atoms with Crippen molar-refractivity contribution in [2.24, 2.45) is 17.8 Å². The van der Waals surface area contributed by atoms with Crippen LogP contribution < -0.4 is 4.74 Å². The van der Waals surface area contributed by atoms with E-state index in [1.165, 1.54) is 32.8 Å². The molecule has 2 aliphatic carbocycles. The second-order valence-corrected chi connectivity index (χ2v) is 6.13. The monoisotopic (exact) mass is 288 g/mol. The number of hydrogen-bond donors (Lipinski definition) is 0. The van der Waals surface area contributed by atoms with Crippen molar-refractivity contribution in [1.82, 2.24) is 0 Å². The fourth-order valence-electron chi connectivity index (χ4n) is 3.79. The van der Waals surface area contributed by atoms with Gasteiger partial charge in [-0.3, -0.25) is 4.79 Å². The number of carbonyl (C=O) groups is 2. The molecule has 2 bridgehead atoms. The second kappa shape index (κ2) is 5.88. The molecule has 4 heteroatoms. The van der Waals surface area contributed by atoms with Crippen molar-refractivity contribution in [1.29, 1.82) is 0 Å². The molecule has 2 aliphatic rings. The Morgan fingerprint density at radius 1 is 1.14 bits per heavy atom. The van der Waals surface area contributed by atoms with Gasteiger partial charge in [-0.05, 0) is 61.3 Å². The lowest BCUT2D eigenvalue weighted by atomic mass is 9.86. The van der Waals surface area contributed by atoms with Gasteiger partial charge >= 0.3 is 11.9 Å². The largest absolute Gasteiger partial charge is 0.465 e. The summed E-state index contributed by atoms with van der Waals surface area (Å²) in [5, 5.41) is 0. The van der Waals surface area contributed by atoms with Gasteiger partial charge in [0.05, 0.1) is 12.7 Å². The fraction of sp³-hybridized carbons (Fsp3) is 0.529. The van der Waals surface area contributed by atoms with E-state index < -0.39 is 5.97 Å². The quantitative estimate of drug-likeness (QED) is 0.630. The van der Waals surface area contributed by atoms with Crippen LogP contribution in [0.5, 0.6) is 5.75 Å². The molecule has 112 valence electrons. The van der Waals surface area contributed by atoms with Crippen molar-refractivity contribution in [2.75, 3.05) is 7.11 Å². The van der Waals surface area contributed by atoms with Crippen molar-refractivity contribution in [3.63, 3.8) is 0 Å². The highest BCUT2D eigenvalue weighted by Crippen LogP contribution is 2.49. The van der Waals surface area contributed by atoms with Crippen molar-refractivity contribution in [3.05, 3.63) is 29.8 Å². The van der Waals surface area contributed by atoms with Crippen molar-refractivity contribution in [2.45, 2.75) is 32.1 Å². The van der Waals surface area contributed by atoms with Gasteiger partial charge in [-0.1, -0.05) is 6.42 Å². The molecule has 0 spiro atoms. The molecule has 3 atom stereocenters. The number of esters is 2. The van der Waals surface area contributed by atoms with Crippen molar-refractivity contribution >= 4 is 11.9 Å². The number of rotatable bonds is 4. The molecular weight excluding hydrogens is 268 g/mol. The number of hydrogen-bond acceptors (Lipinski definition) is 4. The van der Waals surface area contributed by atoms with Crippen LogP contribution in [0.3, 0.4) is 0 Å². The topological polar surface area (TPSA) is 52.6 Å². The minimum atomic E-state index is -0.394. The number of carbonyl (C=O) groups excluding carboxylic acids is 2. The first-order valence-corrected chi connectivity index (χ1v) is 7.54. The third kappa shape index (κ3) is 3.09. The van der Waals surface area contributed by atoms with Gasteiger partial charge in [0.25, 0.3) is 0 Å². The van der Waals surface area contributed by atoms with E-state index in [4.69, 9.17) is 4.74 Å². The third-order valence-electron chi connectivity index (χ3n) is 4.82. The summed E-state index contributed by atoms with van der Waals surface area (Å²) >= 11 is 0. The summed E-state index contributed by atoms with van der Waals surface area (Å²) in [4.78, 5) is 23.3. The molecule has 21 heavy (non-hydrogen) atoms. The fourth-order valence-corrected chi connectivity index (χ4v) is 3.79. The Morgan fingerprint density at radius 2 is 1.90 bits per heavy atom. The molecule has 0 aliphatic heterocycles. The van der Waals surface area contributed by atoms with Gasteiger partial charge in [0.2, 0.25) is 0 Å². The van der Waals surface area contributed by atoms with E-state index in [2.05, 4.69) is 4.74 Å². The van der Waals surface area contributed by atoms with Gasteiger partial charge in [-0.25, -0.2) is 4.79 Å². The summed E-state index contributed by atoms with van der Waals surface area (Å²) in [5.74, 6) is 1.99. The molecule has 2 saturated carbocycles. The van der Waals surface area contributed by atoms with Gasteiger partial charge in [0, 0.05) is 6.42 Å². The minimum Gasteiger partial charge on any atom is -0.465 e. The molecule has 0 heterocycles. The van der Waals surface area contributed by atoms with Gasteiger partial charge in [-0.15, -0.1) is 0 Å². The van der Waals surface area contributed by atoms with Crippen LogP contribution in [0.25, 0.3) is 0 Å². The van der Waals surface area contributed by atoms with E-state index in [1.807, 2.05) is 0 Å². The highest BCUT2D eigenvalue weighted by atomic mass is 16.5. The van der Waals surface area contributed by atoms with Crippen molar-refractivity contribution < 1.29 is 19.1 Å². The highest BCUT2D eigenvalue weighted by Gasteiger charge is 2.40. The van der Waals surface area contributed by atoms with E-state index in [0.717, 1.165) is 11.8 Å². The molecule has 3 rings (SSSR count). The van der Waals surface area contributed by atoms with Crippen molar-refractivity contribution in [3.8, 4) is 5.75 Å². The average Bonchev–Trinajstić information content (AvgIpc) is 3.09. The molecule has 1 aromatic rings. The van der Waals surface area contributed by atoms with Crippen LogP contribution in [-0.2, 0) is 9.53 Å². The van der Waals surface area contributed by atoms with Gasteiger partial charge in [0.1, 0.15) is 5.75 Å². The molecule has 3 unspecified atom stereocenters. The molecule has 0 aromatic heterocycles. The summed E-state index contributed by atoms with van der Waals surface area (Å²) in [6, 6.07) is 6.47. The maximum atomic E-state index is 12.0. The smallest absolute Gasteiger partial charge is 0.337 e. The van der Waals surface area contributed by atoms with E-state index in [9.17, 15) is 9.59 Å². The number of benzene rings is 1. The molecule has 4 nitrogen and oxygen atoms in total. The number of ether oxygens (including phenoxy) is 2. The second-order valence-electron chi connectivity index (χ2n) is 6.13. The molecule has 0 amide bonds. The Labute approximate surface area is 124 Å². The number of fused-ring (bicyclic) bond motifs is 2. The molecule has 1 aromatic carbocycles. The summed E-state index contributed by atoms with van der Waals surface area (Å²) in [6.45, 7) is 0. The zero-order valence-corrected chi connectivity index (χ0v) is 12.2. The average molecular weight is 288 g/mol. The Hall–Kier alpha value is -1.84. The molecule has 0 N–H and O–H groups in total. The molecule has 0 saturated heterocycles. The minimum absolute atomic E-state index is 0.168. The van der Waals surface area contributed by atoms with E-state index in [1.54, 1.807) is 24.3 Å². The zero-order valence-electron chi connectivity index (χ0n) is 12.2. The summed E-state index contributed by atoms with van der Waals surface area (Å²) < 4.78 is 9.99. The van der Waals surface area contributed by atoms with Crippen LogP contribution >= 0.6 is 0 Å². The predicted molar refractivity (Wildman–Crippen MR) is 77.0 cm³/mol. The van der Waals surface area contributed by atoms with Crippen LogP contribution in [0.4, 0.5) is 0 Å². The maximum absolute atomic E-state index is 12.0. The van der Waals surface area contributed by atoms with E-state index in [0.29, 0.717) is 23.7 Å². The van der Waals surface area contributed by atoms with Crippen LogP contribution in [0, 0.1) is 17.8 Å². The Bertz CT molecular complexity index is 534.